The fourth-order valence-electron chi connectivity index (χ4n) is 1.48. The van der Waals surface area contributed by atoms with Crippen LogP contribution in [0.2, 0.25) is 0 Å². The van der Waals surface area contributed by atoms with Gasteiger partial charge < -0.3 is 9.79 Å². The fourth-order valence-corrected chi connectivity index (χ4v) is 1.92. The maximum Gasteiger partial charge on any atom is 2.00 e. The van der Waals surface area contributed by atoms with E-state index in [0.717, 1.165) is 6.42 Å². The largest absolute Gasteiger partial charge is 2.00 e. The van der Waals surface area contributed by atoms with Gasteiger partial charge in [-0.15, -0.1) is 0 Å². The fraction of sp³-hybridized carbons (Fsp3) is 0.0769. The predicted molar refractivity (Wildman–Crippen MR) is 77.7 cm³/mol. The van der Waals surface area contributed by atoms with Crippen molar-refractivity contribution < 1.29 is 23.2 Å². The molecule has 0 aliphatic carbocycles. The molecule has 0 radical (unpaired) electrons. The summed E-state index contributed by atoms with van der Waals surface area (Å²) in [6.45, 7) is 0. The zero-order valence-corrected chi connectivity index (χ0v) is 15.1. The molecule has 2 unspecified atom stereocenters. The number of hydrogen-bond donors (Lipinski definition) is 0. The van der Waals surface area contributed by atoms with E-state index in [9.17, 15) is 18.9 Å². The monoisotopic (exact) mass is 350 g/mol. The molecular weight excluding hydrogens is 338 g/mol. The van der Waals surface area contributed by atoms with E-state index >= 15 is 0 Å². The summed E-state index contributed by atoms with van der Waals surface area (Å²) >= 11 is 0. The summed E-state index contributed by atoms with van der Waals surface area (Å²) in [4.78, 5) is 18.5. The van der Waals surface area contributed by atoms with Crippen molar-refractivity contribution in [2.24, 2.45) is 0 Å². The Labute approximate surface area is 154 Å². The third kappa shape index (κ3) is 11.1. The van der Waals surface area contributed by atoms with Crippen molar-refractivity contribution in [2.75, 3.05) is 0 Å². The summed E-state index contributed by atoms with van der Waals surface area (Å²) in [5.41, 5.74) is 2.74. The van der Waals surface area contributed by atoms with Crippen LogP contribution in [0.4, 0.5) is 0 Å². The number of benzene rings is 2. The first-order valence-corrected chi connectivity index (χ1v) is 7.81. The molecule has 0 fully saturated rings. The van der Waals surface area contributed by atoms with Crippen LogP contribution in [-0.4, -0.2) is 37.7 Å². The summed E-state index contributed by atoms with van der Waals surface area (Å²) in [6, 6.07) is 21.1. The van der Waals surface area contributed by atoms with E-state index < -0.39 is 16.5 Å². The number of hydrogen-bond acceptors (Lipinski definition) is 5. The van der Waals surface area contributed by atoms with E-state index in [-0.39, 0.29) is 37.7 Å². The second-order valence-electron chi connectivity index (χ2n) is 3.68. The van der Waals surface area contributed by atoms with Crippen LogP contribution >= 0.6 is 16.5 Å². The Kier molecular flexibility index (Phi) is 12.2. The Morgan fingerprint density at radius 1 is 0.762 bits per heavy atom. The van der Waals surface area contributed by atoms with Crippen LogP contribution in [0.1, 0.15) is 11.1 Å². The summed E-state index contributed by atoms with van der Waals surface area (Å²) in [5, 5.41) is 0. The Bertz CT molecular complexity index is 502. The molecule has 0 aliphatic heterocycles. The zero-order valence-electron chi connectivity index (χ0n) is 11.1. The van der Waals surface area contributed by atoms with Gasteiger partial charge >= 0.3 is 54.2 Å². The minimum absolute atomic E-state index is 0. The predicted octanol–water partition coefficient (Wildman–Crippen LogP) is 1.93. The van der Waals surface area contributed by atoms with Crippen molar-refractivity contribution in [3.63, 3.8) is 0 Å². The smallest absolute Gasteiger partial charge is 0.563 e. The molecule has 2 atom stereocenters. The van der Waals surface area contributed by atoms with Gasteiger partial charge in [-0.1, -0.05) is 60.7 Å². The van der Waals surface area contributed by atoms with Gasteiger partial charge in [-0.25, -0.2) is 0 Å². The van der Waals surface area contributed by atoms with Crippen molar-refractivity contribution in [3.05, 3.63) is 71.8 Å². The Morgan fingerprint density at radius 3 is 1.33 bits per heavy atom. The van der Waals surface area contributed by atoms with Crippen molar-refractivity contribution >= 4 is 54.2 Å². The molecule has 2 rings (SSSR count). The second-order valence-corrected chi connectivity index (χ2v) is 5.22. The molecule has 0 bridgehead atoms. The van der Waals surface area contributed by atoms with Crippen molar-refractivity contribution in [3.8, 4) is 0 Å². The molecule has 8 heteroatoms. The van der Waals surface area contributed by atoms with Crippen LogP contribution in [0.3, 0.4) is 0 Å². The summed E-state index contributed by atoms with van der Waals surface area (Å²) < 4.78 is 21.6. The topological polar surface area (TPSA) is 89.5 Å². The molecule has 21 heavy (non-hydrogen) atoms. The first kappa shape index (κ1) is 20.8. The van der Waals surface area contributed by atoms with Gasteiger partial charge in [-0.3, -0.25) is 0 Å². The summed E-state index contributed by atoms with van der Waals surface area (Å²) in [7, 11) is -6.47. The molecule has 104 valence electrons. The third-order valence-electron chi connectivity index (χ3n) is 2.23. The quantitative estimate of drug-likeness (QED) is 0.621. The minimum Gasteiger partial charge on any atom is -0.563 e. The second kappa shape index (κ2) is 12.3. The van der Waals surface area contributed by atoms with Gasteiger partial charge in [-0.2, -0.15) is 0 Å². The van der Waals surface area contributed by atoms with E-state index in [4.69, 9.17) is 0 Å². The summed E-state index contributed by atoms with van der Waals surface area (Å²) in [5.74, 6) is 0. The van der Waals surface area contributed by atoms with E-state index in [0.29, 0.717) is 0 Å². The molecule has 0 amide bonds. The average molecular weight is 350 g/mol. The van der Waals surface area contributed by atoms with E-state index in [1.807, 2.05) is 0 Å². The van der Waals surface area contributed by atoms with Gasteiger partial charge in [0.25, 0.3) is 0 Å². The van der Waals surface area contributed by atoms with Gasteiger partial charge in [-0.05, 0) is 26.7 Å². The van der Waals surface area contributed by atoms with Crippen LogP contribution in [0.15, 0.2) is 60.7 Å². The van der Waals surface area contributed by atoms with Gasteiger partial charge in [0.1, 0.15) is 4.31 Å². The molecule has 0 aliphatic rings. The molecular formula is C13H12CaO5P2+2. The SMILES string of the molecule is O=[P+]([O-])O[P+](=O)[O-].[Ca+2].c1ccc(Cc2ccccc2)cc1. The van der Waals surface area contributed by atoms with E-state index in [1.165, 1.54) is 11.1 Å². The molecule has 0 spiro atoms. The van der Waals surface area contributed by atoms with Gasteiger partial charge in [0.15, 0.2) is 0 Å². The first-order valence-electron chi connectivity index (χ1n) is 5.62. The molecule has 5 nitrogen and oxygen atoms in total. The van der Waals surface area contributed by atoms with Crippen LogP contribution in [-0.2, 0) is 19.9 Å². The van der Waals surface area contributed by atoms with Gasteiger partial charge in [0.2, 0.25) is 0 Å². The van der Waals surface area contributed by atoms with Gasteiger partial charge in [0.05, 0.1) is 0 Å². The number of rotatable bonds is 4. The molecule has 0 saturated carbocycles. The van der Waals surface area contributed by atoms with E-state index in [2.05, 4.69) is 65.0 Å². The maximum atomic E-state index is 9.24. The molecule has 0 N–H and O–H groups in total. The molecule has 0 heterocycles. The zero-order chi connectivity index (χ0) is 14.8. The van der Waals surface area contributed by atoms with Crippen molar-refractivity contribution in [1.29, 1.82) is 0 Å². The minimum atomic E-state index is -3.24. The van der Waals surface area contributed by atoms with Crippen LogP contribution in [0.25, 0.3) is 0 Å². The van der Waals surface area contributed by atoms with Crippen molar-refractivity contribution in [2.45, 2.75) is 6.42 Å². The molecule has 2 aromatic rings. The molecule has 0 saturated heterocycles. The molecule has 0 aromatic heterocycles. The summed E-state index contributed by atoms with van der Waals surface area (Å²) in [6.07, 6.45) is 1.03. The normalized spacial score (nSPS) is 10.6. The third-order valence-corrected chi connectivity index (χ3v) is 3.29. The van der Waals surface area contributed by atoms with E-state index in [1.54, 1.807) is 0 Å². The standard InChI is InChI=1S/C13H12.Ca.O5P2/c1-3-7-12(8-4-1)11-13-9-5-2-6-10-13;;1-6(2)5-7(3)4/h1-10H,11H2;;/q;+2;. The van der Waals surface area contributed by atoms with Crippen molar-refractivity contribution in [1.82, 2.24) is 0 Å². The average Bonchev–Trinajstić information content (AvgIpc) is 2.40. The van der Waals surface area contributed by atoms with Crippen LogP contribution < -0.4 is 9.79 Å². The van der Waals surface area contributed by atoms with Crippen LogP contribution in [0, 0.1) is 0 Å². The Morgan fingerprint density at radius 2 is 1.10 bits per heavy atom. The van der Waals surface area contributed by atoms with Gasteiger partial charge in [0, 0.05) is 0 Å². The Balaban J connectivity index is 0.000000436. The first-order chi connectivity index (χ1) is 9.58. The molecule has 2 aromatic carbocycles. The maximum absolute atomic E-state index is 9.24. The Hall–Kier alpha value is -0.220. The van der Waals surface area contributed by atoms with Crippen LogP contribution in [0.5, 0.6) is 0 Å².